The maximum atomic E-state index is 12.2. The fraction of sp³-hybridized carbons (Fsp3) is 0.286. The maximum Gasteiger partial charge on any atom is 0.297 e. The van der Waals surface area contributed by atoms with Gasteiger partial charge in [-0.15, -0.1) is 4.33 Å². The minimum absolute atomic E-state index is 0.00224. The molecule has 6 N–H and O–H groups in total. The molecule has 16 nitrogen and oxygen atoms in total. The number of phenols is 2. The Bertz CT molecular complexity index is 2240. The molecule has 0 saturated heterocycles. The van der Waals surface area contributed by atoms with Crippen molar-refractivity contribution in [2.24, 2.45) is 0 Å². The van der Waals surface area contributed by atoms with Gasteiger partial charge in [-0.2, -0.15) is 25.3 Å². The van der Waals surface area contributed by atoms with Gasteiger partial charge in [0.05, 0.1) is 40.5 Å². The van der Waals surface area contributed by atoms with E-state index in [4.69, 9.17) is 15.8 Å². The van der Waals surface area contributed by atoms with Crippen LogP contribution in [0.15, 0.2) is 43.8 Å². The zero-order chi connectivity index (χ0) is 36.5. The second kappa shape index (κ2) is 14.6. The Hall–Kier alpha value is -3.44. The van der Waals surface area contributed by atoms with Crippen LogP contribution in [0.1, 0.15) is 22.3 Å². The Morgan fingerprint density at radius 1 is 0.604 bits per heavy atom. The van der Waals surface area contributed by atoms with Gasteiger partial charge in [-0.3, -0.25) is 12.5 Å². The number of hydrogen-bond donors (Lipinski definition) is 4. The fourth-order valence-corrected chi connectivity index (χ4v) is 7.95. The number of aryl methyl sites for hydroxylation is 2. The molecule has 4 rings (SSSR count). The van der Waals surface area contributed by atoms with Crippen LogP contribution in [-0.4, -0.2) is 63.9 Å². The van der Waals surface area contributed by atoms with E-state index in [9.17, 15) is 35.5 Å². The largest absolute Gasteiger partial charge is 0.507 e. The lowest BCUT2D eigenvalue weighted by Crippen LogP contribution is -2.09. The Kier molecular flexibility index (Phi) is 11.8. The molecule has 0 atom stereocenters. The third-order valence-corrected chi connectivity index (χ3v) is 12.1. The molecule has 0 saturated carbocycles. The molecule has 48 heavy (non-hydrogen) atoms. The van der Waals surface area contributed by atoms with Gasteiger partial charge in [0.2, 0.25) is 0 Å². The van der Waals surface area contributed by atoms with Crippen molar-refractivity contribution < 1.29 is 62.3 Å². The quantitative estimate of drug-likeness (QED) is 0.0446. The molecular formula is C28H34N2O14S4. The number of rotatable bonds is 10. The smallest absolute Gasteiger partial charge is 0.297 e. The summed E-state index contributed by atoms with van der Waals surface area (Å²) in [5.74, 6) is -0.582. The molecule has 4 aromatic carbocycles. The van der Waals surface area contributed by atoms with Gasteiger partial charge in [0.25, 0.3) is 30.4 Å². The number of anilines is 2. The highest BCUT2D eigenvalue weighted by Gasteiger charge is 2.27. The molecule has 0 aliphatic carbocycles. The highest BCUT2D eigenvalue weighted by Crippen LogP contribution is 2.44. The molecule has 0 spiro atoms. The molecule has 4 aromatic rings. The lowest BCUT2D eigenvalue weighted by atomic mass is 10.0. The molecule has 264 valence electrons. The van der Waals surface area contributed by atoms with Crippen LogP contribution in [-0.2, 0) is 57.2 Å². The Morgan fingerprint density at radius 2 is 1.00 bits per heavy atom. The van der Waals surface area contributed by atoms with Crippen LogP contribution in [0.3, 0.4) is 0 Å². The van der Waals surface area contributed by atoms with Gasteiger partial charge in [-0.05, 0) is 63.1 Å². The Labute approximate surface area is 281 Å². The number of aromatic hydroxyl groups is 2. The zero-order valence-corrected chi connectivity index (χ0v) is 30.2. The monoisotopic (exact) mass is 750 g/mol. The minimum atomic E-state index is -4.17. The molecule has 0 aliphatic rings. The molecule has 0 bridgehead atoms. The highest BCUT2D eigenvalue weighted by atomic mass is 32.2. The van der Waals surface area contributed by atoms with Crippen molar-refractivity contribution in [1.82, 2.24) is 0 Å². The molecule has 0 aromatic heterocycles. The fourth-order valence-electron chi connectivity index (χ4n) is 4.63. The van der Waals surface area contributed by atoms with Crippen molar-refractivity contribution in [2.75, 3.05) is 39.9 Å². The van der Waals surface area contributed by atoms with Crippen LogP contribution >= 0.6 is 12.0 Å². The summed E-state index contributed by atoms with van der Waals surface area (Å²) in [6.45, 7) is 6.22. The lowest BCUT2D eigenvalue weighted by molar-refractivity contribution is -0.447. The lowest BCUT2D eigenvalue weighted by Gasteiger charge is -2.16. The SMILES string of the molecule is COOOSc1cc2c(S(=O)(=O)OC)cc(C)c(N)c2c(O)c1C.COS(=O)(=O)c1cc2c(S(=O)(=O)OC)cc(C)c(N)c2c(O)c1C. The molecule has 20 heteroatoms. The molecule has 0 aliphatic heterocycles. The second-order valence-corrected chi connectivity index (χ2v) is 15.8. The van der Waals surface area contributed by atoms with Crippen molar-refractivity contribution >= 4 is 75.3 Å². The van der Waals surface area contributed by atoms with E-state index in [0.717, 1.165) is 39.4 Å². The van der Waals surface area contributed by atoms with E-state index in [1.807, 2.05) is 0 Å². The molecule has 0 radical (unpaired) electrons. The van der Waals surface area contributed by atoms with Gasteiger partial charge in [-0.25, -0.2) is 4.89 Å². The van der Waals surface area contributed by atoms with Gasteiger partial charge in [0, 0.05) is 48.9 Å². The third kappa shape index (κ3) is 7.27. The minimum Gasteiger partial charge on any atom is -0.507 e. The van der Waals surface area contributed by atoms with Gasteiger partial charge >= 0.3 is 0 Å². The highest BCUT2D eigenvalue weighted by molar-refractivity contribution is 7.94. The van der Waals surface area contributed by atoms with E-state index in [1.54, 1.807) is 20.8 Å². The van der Waals surface area contributed by atoms with Crippen molar-refractivity contribution in [3.8, 4) is 11.5 Å². The third-order valence-electron chi connectivity index (χ3n) is 7.31. The summed E-state index contributed by atoms with van der Waals surface area (Å²) in [5.41, 5.74) is 13.8. The predicted molar refractivity (Wildman–Crippen MR) is 177 cm³/mol. The summed E-state index contributed by atoms with van der Waals surface area (Å²) < 4.78 is 91.2. The van der Waals surface area contributed by atoms with Crippen LogP contribution in [0.5, 0.6) is 11.5 Å². The van der Waals surface area contributed by atoms with Crippen LogP contribution in [0.4, 0.5) is 11.4 Å². The van der Waals surface area contributed by atoms with Crippen molar-refractivity contribution in [3.05, 3.63) is 46.5 Å². The summed E-state index contributed by atoms with van der Waals surface area (Å²) in [6, 6.07) is 5.28. The summed E-state index contributed by atoms with van der Waals surface area (Å²) in [5, 5.41) is 25.7. The molecular weight excluding hydrogens is 717 g/mol. The number of nitrogen functional groups attached to an aromatic ring is 2. The maximum absolute atomic E-state index is 12.2. The van der Waals surface area contributed by atoms with Crippen LogP contribution in [0.25, 0.3) is 21.5 Å². The summed E-state index contributed by atoms with van der Waals surface area (Å²) in [6.07, 6.45) is 0. The van der Waals surface area contributed by atoms with E-state index in [-0.39, 0.29) is 58.9 Å². The van der Waals surface area contributed by atoms with Crippen LogP contribution in [0.2, 0.25) is 0 Å². The van der Waals surface area contributed by atoms with E-state index in [2.05, 4.69) is 22.5 Å². The second-order valence-electron chi connectivity index (χ2n) is 10.0. The Balaban J connectivity index is 0.000000260. The first-order chi connectivity index (χ1) is 22.2. The molecule has 0 amide bonds. The van der Waals surface area contributed by atoms with Gasteiger partial charge in [0.1, 0.15) is 26.2 Å². The summed E-state index contributed by atoms with van der Waals surface area (Å²) in [7, 11) is -8.08. The van der Waals surface area contributed by atoms with E-state index in [0.29, 0.717) is 21.6 Å². The average molecular weight is 751 g/mol. The molecule has 0 unspecified atom stereocenters. The zero-order valence-electron chi connectivity index (χ0n) is 26.9. The van der Waals surface area contributed by atoms with Crippen LogP contribution < -0.4 is 11.5 Å². The summed E-state index contributed by atoms with van der Waals surface area (Å²) >= 11 is 0.754. The van der Waals surface area contributed by atoms with Crippen molar-refractivity contribution in [2.45, 2.75) is 47.3 Å². The Morgan fingerprint density at radius 3 is 1.42 bits per heavy atom. The average Bonchev–Trinajstić information content (AvgIpc) is 3.04. The topological polar surface area (TPSA) is 250 Å². The first-order valence-corrected chi connectivity index (χ1v) is 18.2. The predicted octanol–water partition coefficient (Wildman–Crippen LogP) is 4.01. The standard InChI is InChI=1S/2C14H17NO7S2/c1-7-5-11(24(19,20)22-4)9-6-10(23(17,18)21-3)8(2)14(16)12(9)13(7)15;1-7-5-11(24(17,18)20-4)9-6-10(23-22-21-19-3)8(2)14(16)12(9)13(7)15/h2*5-6,16H,15H2,1-4H3. The molecule has 0 fully saturated rings. The van der Waals surface area contributed by atoms with Crippen molar-refractivity contribution in [3.63, 3.8) is 0 Å². The number of phenolic OH excluding ortho intramolecular Hbond substituents is 2. The molecule has 0 heterocycles. The van der Waals surface area contributed by atoms with Gasteiger partial charge in [-0.1, -0.05) is 5.04 Å². The number of benzene rings is 4. The van der Waals surface area contributed by atoms with E-state index >= 15 is 0 Å². The van der Waals surface area contributed by atoms with E-state index < -0.39 is 36.1 Å². The first-order valence-electron chi connectivity index (χ1n) is 13.3. The van der Waals surface area contributed by atoms with Gasteiger partial charge in [0.15, 0.2) is 0 Å². The normalized spacial score (nSPS) is 12.3. The van der Waals surface area contributed by atoms with E-state index in [1.165, 1.54) is 32.2 Å². The number of nitrogens with two attached hydrogens (primary N) is 2. The summed E-state index contributed by atoms with van der Waals surface area (Å²) in [4.78, 5) is 3.98. The van der Waals surface area contributed by atoms with Crippen LogP contribution in [0, 0.1) is 27.7 Å². The first kappa shape index (κ1) is 39.0. The number of hydrogen-bond acceptors (Lipinski definition) is 17. The van der Waals surface area contributed by atoms with Crippen molar-refractivity contribution in [1.29, 1.82) is 0 Å². The number of fused-ring (bicyclic) bond motifs is 2. The van der Waals surface area contributed by atoms with Gasteiger partial charge < -0.3 is 21.7 Å².